The molecule has 36 heavy (non-hydrogen) atoms. The number of hydrogen-bond donors (Lipinski definition) is 4. The van der Waals surface area contributed by atoms with Gasteiger partial charge in [-0.3, -0.25) is 9.48 Å². The minimum Gasteiger partial charge on any atom is -0.397 e. The summed E-state index contributed by atoms with van der Waals surface area (Å²) in [6.45, 7) is 0.623. The minimum absolute atomic E-state index is 0.208. The van der Waals surface area contributed by atoms with Crippen molar-refractivity contribution in [2.45, 2.75) is 6.54 Å². The predicted octanol–water partition coefficient (Wildman–Crippen LogP) is 5.73. The summed E-state index contributed by atoms with van der Waals surface area (Å²) in [5.41, 5.74) is 10.3. The van der Waals surface area contributed by atoms with E-state index in [4.69, 9.17) is 5.73 Å². The summed E-state index contributed by atoms with van der Waals surface area (Å²) >= 11 is 6.71. The van der Waals surface area contributed by atoms with Gasteiger partial charge in [0.1, 0.15) is 11.3 Å². The van der Waals surface area contributed by atoms with E-state index in [9.17, 15) is 4.79 Å². The van der Waals surface area contributed by atoms with Crippen LogP contribution in [0.15, 0.2) is 88.6 Å². The van der Waals surface area contributed by atoms with Crippen LogP contribution in [0.1, 0.15) is 15.9 Å². The molecule has 9 nitrogen and oxygen atoms in total. The lowest BCUT2D eigenvalue weighted by molar-refractivity contribution is 0.102. The number of H-pyrrole nitrogens is 2. The molecule has 1 amide bonds. The molecule has 0 saturated carbocycles. The number of nitrogens with one attached hydrogen (secondary N) is 3. The number of hydrogen-bond acceptors (Lipinski definition) is 5. The Labute approximate surface area is 222 Å². The summed E-state index contributed by atoms with van der Waals surface area (Å²) in [4.78, 5) is 26.9. The minimum atomic E-state index is -0.208. The summed E-state index contributed by atoms with van der Waals surface area (Å²) in [7, 11) is 0. The van der Waals surface area contributed by atoms with Crippen molar-refractivity contribution in [3.63, 3.8) is 0 Å². The Kier molecular flexibility index (Phi) is 6.83. The number of aromatic amines is 2. The van der Waals surface area contributed by atoms with Crippen LogP contribution in [0, 0.1) is 0 Å². The van der Waals surface area contributed by atoms with E-state index in [0.29, 0.717) is 17.8 Å². The van der Waals surface area contributed by atoms with E-state index in [0.717, 1.165) is 42.3 Å². The van der Waals surface area contributed by atoms with E-state index in [-0.39, 0.29) is 5.91 Å². The van der Waals surface area contributed by atoms with Gasteiger partial charge >= 0.3 is 0 Å². The smallest absolute Gasteiger partial charge is 0.258 e. The van der Waals surface area contributed by atoms with E-state index in [1.807, 2.05) is 42.5 Å². The van der Waals surface area contributed by atoms with Gasteiger partial charge in [0.25, 0.3) is 5.91 Å². The van der Waals surface area contributed by atoms with Crippen LogP contribution in [0.4, 0.5) is 11.4 Å². The van der Waals surface area contributed by atoms with Crippen LogP contribution in [0.25, 0.3) is 22.1 Å². The quantitative estimate of drug-likeness (QED) is 0.203. The van der Waals surface area contributed by atoms with Gasteiger partial charge in [0, 0.05) is 50.7 Å². The average Bonchev–Trinajstić information content (AvgIpc) is 3.60. The molecule has 0 atom stereocenters. The van der Waals surface area contributed by atoms with Gasteiger partial charge in [0.15, 0.2) is 0 Å². The molecule has 0 aliphatic rings. The van der Waals surface area contributed by atoms with Crippen molar-refractivity contribution in [1.82, 2.24) is 29.7 Å². The molecular weight excluding hydrogens is 588 g/mol. The monoisotopic (exact) mass is 606 g/mol. The van der Waals surface area contributed by atoms with Crippen molar-refractivity contribution in [1.29, 1.82) is 0 Å². The summed E-state index contributed by atoms with van der Waals surface area (Å²) in [5.74, 6) is -0.208. The molecular formula is C25H20Br2N8O. The van der Waals surface area contributed by atoms with Gasteiger partial charge in [0.2, 0.25) is 0 Å². The molecule has 5 heterocycles. The van der Waals surface area contributed by atoms with Crippen LogP contribution in [0.2, 0.25) is 0 Å². The van der Waals surface area contributed by atoms with Gasteiger partial charge in [-0.15, -0.1) is 0 Å². The van der Waals surface area contributed by atoms with E-state index in [1.54, 1.807) is 41.9 Å². The Morgan fingerprint density at radius 3 is 2.36 bits per heavy atom. The maximum Gasteiger partial charge on any atom is 0.258 e. The predicted molar refractivity (Wildman–Crippen MR) is 148 cm³/mol. The second-order valence-corrected chi connectivity index (χ2v) is 9.74. The molecule has 11 heteroatoms. The van der Waals surface area contributed by atoms with Gasteiger partial charge in [-0.25, -0.2) is 9.97 Å². The lowest BCUT2D eigenvalue weighted by atomic mass is 10.2. The normalized spacial score (nSPS) is 10.8. The highest BCUT2D eigenvalue weighted by Gasteiger charge is 2.13. The van der Waals surface area contributed by atoms with Crippen LogP contribution >= 0.6 is 31.9 Å². The van der Waals surface area contributed by atoms with Crippen molar-refractivity contribution < 1.29 is 4.79 Å². The number of fused-ring (bicyclic) bond motifs is 2. The molecule has 6 aromatic rings. The lowest BCUT2D eigenvalue weighted by Crippen LogP contribution is -2.10. The van der Waals surface area contributed by atoms with Crippen LogP contribution in [0.3, 0.4) is 0 Å². The number of rotatable bonds is 4. The van der Waals surface area contributed by atoms with Crippen molar-refractivity contribution in [3.05, 3.63) is 99.7 Å². The molecule has 0 radical (unpaired) electrons. The van der Waals surface area contributed by atoms with Crippen molar-refractivity contribution in [3.8, 4) is 0 Å². The standard InChI is InChI=1S/C18H14BrN5O.C7H6BrN3/c19-14-6-15-16(9-21-17(15)20-8-14)23-18(25)13-7-22-24(11-13)10-12-4-2-1-3-5-12;8-4-1-5-6(9)3-11-7(5)10-2-4/h1-9,11H,10H2,(H,20,21)(H,23,25);1-3H,9H2,(H,10,11). The SMILES string of the molecule is Nc1c[nH]c2ncc(Br)cc12.O=C(Nc1c[nH]c2ncc(Br)cc12)c1cnn(Cc2ccccc2)c1. The number of nitrogens with two attached hydrogens (primary N) is 1. The average molecular weight is 608 g/mol. The molecule has 0 spiro atoms. The molecule has 0 unspecified atom stereocenters. The molecule has 6 rings (SSSR count). The number of nitrogen functional groups attached to an aromatic ring is 1. The zero-order chi connectivity index (χ0) is 25.1. The van der Waals surface area contributed by atoms with Crippen LogP contribution < -0.4 is 11.1 Å². The molecule has 0 aliphatic carbocycles. The Morgan fingerprint density at radius 1 is 0.944 bits per heavy atom. The fourth-order valence-corrected chi connectivity index (χ4v) is 4.27. The summed E-state index contributed by atoms with van der Waals surface area (Å²) in [6.07, 6.45) is 10.2. The van der Waals surface area contributed by atoms with Crippen molar-refractivity contribution in [2.24, 2.45) is 0 Å². The Bertz CT molecular complexity index is 1660. The van der Waals surface area contributed by atoms with Crippen LogP contribution in [-0.2, 0) is 6.54 Å². The maximum absolute atomic E-state index is 12.5. The third-order valence-electron chi connectivity index (χ3n) is 5.36. The number of anilines is 2. The van der Waals surface area contributed by atoms with E-state index in [1.165, 1.54) is 0 Å². The third kappa shape index (κ3) is 5.31. The molecule has 0 aliphatic heterocycles. The maximum atomic E-state index is 12.5. The molecule has 5 aromatic heterocycles. The fraction of sp³-hybridized carbons (Fsp3) is 0.0400. The summed E-state index contributed by atoms with van der Waals surface area (Å²) < 4.78 is 3.54. The van der Waals surface area contributed by atoms with E-state index < -0.39 is 0 Å². The molecule has 0 bridgehead atoms. The highest BCUT2D eigenvalue weighted by Crippen LogP contribution is 2.25. The number of aromatic nitrogens is 6. The Morgan fingerprint density at radius 2 is 1.61 bits per heavy atom. The number of carbonyl (C=O) groups excluding carboxylic acids is 1. The first-order chi connectivity index (χ1) is 17.5. The first-order valence-electron chi connectivity index (χ1n) is 10.8. The van der Waals surface area contributed by atoms with Gasteiger partial charge in [-0.1, -0.05) is 30.3 Å². The van der Waals surface area contributed by atoms with Crippen molar-refractivity contribution >= 4 is 71.2 Å². The molecule has 180 valence electrons. The first kappa shape index (κ1) is 23.8. The summed E-state index contributed by atoms with van der Waals surface area (Å²) in [5, 5.41) is 8.97. The Balaban J connectivity index is 0.000000202. The lowest BCUT2D eigenvalue weighted by Gasteiger charge is -2.02. The first-order valence-corrected chi connectivity index (χ1v) is 12.4. The number of halogens is 2. The van der Waals surface area contributed by atoms with Gasteiger partial charge in [-0.2, -0.15) is 5.10 Å². The molecule has 0 fully saturated rings. The number of carbonyl (C=O) groups is 1. The number of amides is 1. The number of pyridine rings is 2. The highest BCUT2D eigenvalue weighted by atomic mass is 79.9. The highest BCUT2D eigenvalue weighted by molar-refractivity contribution is 9.10. The van der Waals surface area contributed by atoms with Gasteiger partial charge in [-0.05, 0) is 49.6 Å². The Hall–Kier alpha value is -3.96. The number of nitrogens with zero attached hydrogens (tertiary/aromatic N) is 4. The van der Waals surface area contributed by atoms with Crippen LogP contribution in [0.5, 0.6) is 0 Å². The molecule has 1 aromatic carbocycles. The molecule has 5 N–H and O–H groups in total. The number of benzene rings is 1. The van der Waals surface area contributed by atoms with Gasteiger partial charge < -0.3 is 21.0 Å². The van der Waals surface area contributed by atoms with E-state index >= 15 is 0 Å². The largest absolute Gasteiger partial charge is 0.397 e. The van der Waals surface area contributed by atoms with Gasteiger partial charge in [0.05, 0.1) is 29.7 Å². The fourth-order valence-electron chi connectivity index (χ4n) is 3.61. The van der Waals surface area contributed by atoms with Crippen molar-refractivity contribution in [2.75, 3.05) is 11.1 Å². The second kappa shape index (κ2) is 10.3. The zero-order valence-corrected chi connectivity index (χ0v) is 21.9. The molecule has 0 saturated heterocycles. The zero-order valence-electron chi connectivity index (χ0n) is 18.7. The third-order valence-corrected chi connectivity index (χ3v) is 6.23. The second-order valence-electron chi connectivity index (χ2n) is 7.91. The topological polar surface area (TPSA) is 130 Å². The van der Waals surface area contributed by atoms with E-state index in [2.05, 4.69) is 62.2 Å². The van der Waals surface area contributed by atoms with Crippen LogP contribution in [-0.4, -0.2) is 35.6 Å². The summed E-state index contributed by atoms with van der Waals surface area (Å²) in [6, 6.07) is 13.8.